The molecule has 27 heavy (non-hydrogen) atoms. The summed E-state index contributed by atoms with van der Waals surface area (Å²) in [4.78, 5) is 18.9. The Morgan fingerprint density at radius 1 is 1.33 bits per heavy atom. The predicted octanol–water partition coefficient (Wildman–Crippen LogP) is 3.59. The third-order valence-electron chi connectivity index (χ3n) is 4.78. The van der Waals surface area contributed by atoms with Crippen molar-refractivity contribution in [1.82, 2.24) is 19.5 Å². The number of nitrogens with zero attached hydrogens (tertiary/aromatic N) is 4. The molecule has 0 aliphatic carbocycles. The number of benzene rings is 1. The van der Waals surface area contributed by atoms with Crippen LogP contribution < -0.4 is 5.73 Å². The summed E-state index contributed by atoms with van der Waals surface area (Å²) in [6.07, 6.45) is 3.24. The van der Waals surface area contributed by atoms with Crippen molar-refractivity contribution in [2.45, 2.75) is 25.4 Å². The van der Waals surface area contributed by atoms with Crippen LogP contribution in [0.3, 0.4) is 0 Å². The number of rotatable bonds is 3. The fraction of sp³-hybridized carbons (Fsp3) is 0.316. The van der Waals surface area contributed by atoms with E-state index in [1.165, 1.54) is 0 Å². The molecule has 2 aromatic heterocycles. The second-order valence-electron chi connectivity index (χ2n) is 6.66. The van der Waals surface area contributed by atoms with Gasteiger partial charge in [0, 0.05) is 25.1 Å². The summed E-state index contributed by atoms with van der Waals surface area (Å²) in [5.74, 6) is 0.654. The van der Waals surface area contributed by atoms with Gasteiger partial charge in [-0.3, -0.25) is 0 Å². The second-order valence-corrected chi connectivity index (χ2v) is 7.51. The lowest BCUT2D eigenvalue weighted by Crippen LogP contribution is -2.39. The number of carbonyl (C=O) groups excluding carboxylic acids is 1. The largest absolute Gasteiger partial charge is 0.445 e. The van der Waals surface area contributed by atoms with Crippen molar-refractivity contribution in [2.75, 3.05) is 18.8 Å². The van der Waals surface area contributed by atoms with Crippen LogP contribution in [-0.2, 0) is 11.3 Å². The zero-order valence-electron chi connectivity index (χ0n) is 14.7. The molecule has 3 heterocycles. The van der Waals surface area contributed by atoms with Gasteiger partial charge in [0.05, 0.1) is 16.4 Å². The van der Waals surface area contributed by atoms with Gasteiger partial charge in [-0.25, -0.2) is 9.78 Å². The summed E-state index contributed by atoms with van der Waals surface area (Å²) in [6, 6.07) is 11.5. The van der Waals surface area contributed by atoms with Crippen molar-refractivity contribution in [1.29, 1.82) is 0 Å². The van der Waals surface area contributed by atoms with Gasteiger partial charge in [-0.05, 0) is 34.3 Å². The molecule has 140 valence electrons. The minimum absolute atomic E-state index is 0.122. The van der Waals surface area contributed by atoms with E-state index < -0.39 is 0 Å². The highest BCUT2D eigenvalue weighted by atomic mass is 79.9. The Bertz CT molecular complexity index is 959. The maximum Gasteiger partial charge on any atom is 0.410 e. The number of ether oxygens (including phenoxy) is 1. The van der Waals surface area contributed by atoms with Crippen LogP contribution in [0.1, 0.15) is 30.0 Å². The molecule has 1 fully saturated rings. The highest BCUT2D eigenvalue weighted by Crippen LogP contribution is 2.29. The van der Waals surface area contributed by atoms with E-state index in [-0.39, 0.29) is 18.6 Å². The van der Waals surface area contributed by atoms with Gasteiger partial charge in [0.15, 0.2) is 5.65 Å². The number of hydrogen-bond donors (Lipinski definition) is 1. The number of fused-ring (bicyclic) bond motifs is 1. The van der Waals surface area contributed by atoms with Gasteiger partial charge in [-0.1, -0.05) is 30.3 Å². The van der Waals surface area contributed by atoms with Crippen molar-refractivity contribution in [3.63, 3.8) is 0 Å². The number of aromatic nitrogens is 3. The lowest BCUT2D eigenvalue weighted by atomic mass is 9.94. The van der Waals surface area contributed by atoms with E-state index in [0.717, 1.165) is 28.6 Å². The van der Waals surface area contributed by atoms with Crippen LogP contribution in [0, 0.1) is 0 Å². The molecule has 1 atom stereocenters. The van der Waals surface area contributed by atoms with Crippen molar-refractivity contribution in [3.05, 3.63) is 58.3 Å². The smallest absolute Gasteiger partial charge is 0.410 e. The molecule has 1 unspecified atom stereocenters. The SMILES string of the molecule is Nc1cc(C2CCCN(C(=O)OCc3ccccc3)C2)nc2c(Br)cnn12. The van der Waals surface area contributed by atoms with Gasteiger partial charge in [0.25, 0.3) is 0 Å². The number of nitrogens with two attached hydrogens (primary N) is 1. The van der Waals surface area contributed by atoms with E-state index >= 15 is 0 Å². The maximum atomic E-state index is 12.5. The molecular weight excluding hydrogens is 410 g/mol. The summed E-state index contributed by atoms with van der Waals surface area (Å²) in [6.45, 7) is 1.54. The molecule has 1 saturated heterocycles. The van der Waals surface area contributed by atoms with Gasteiger partial charge in [0.1, 0.15) is 12.4 Å². The number of piperidine rings is 1. The van der Waals surface area contributed by atoms with Gasteiger partial charge < -0.3 is 15.4 Å². The Morgan fingerprint density at radius 3 is 2.96 bits per heavy atom. The molecule has 0 radical (unpaired) electrons. The van der Waals surface area contributed by atoms with Crippen molar-refractivity contribution < 1.29 is 9.53 Å². The molecular formula is C19H20BrN5O2. The molecule has 0 bridgehead atoms. The van der Waals surface area contributed by atoms with E-state index in [0.29, 0.717) is 24.6 Å². The van der Waals surface area contributed by atoms with Gasteiger partial charge in [0.2, 0.25) is 0 Å². The molecule has 8 heteroatoms. The molecule has 1 aromatic carbocycles. The fourth-order valence-electron chi connectivity index (χ4n) is 3.38. The number of carbonyl (C=O) groups is 1. The molecule has 1 aliphatic heterocycles. The number of anilines is 1. The first-order valence-corrected chi connectivity index (χ1v) is 9.66. The third kappa shape index (κ3) is 3.75. The van der Waals surface area contributed by atoms with Crippen LogP contribution in [0.15, 0.2) is 47.1 Å². The fourth-order valence-corrected chi connectivity index (χ4v) is 3.73. The monoisotopic (exact) mass is 429 g/mol. The van der Waals surface area contributed by atoms with E-state index in [4.69, 9.17) is 15.5 Å². The zero-order valence-corrected chi connectivity index (χ0v) is 16.3. The summed E-state index contributed by atoms with van der Waals surface area (Å²) in [5, 5.41) is 4.20. The molecule has 4 rings (SSSR count). The van der Waals surface area contributed by atoms with Crippen LogP contribution in [-0.4, -0.2) is 38.7 Å². The maximum absolute atomic E-state index is 12.5. The van der Waals surface area contributed by atoms with E-state index in [9.17, 15) is 4.79 Å². The summed E-state index contributed by atoms with van der Waals surface area (Å²) < 4.78 is 7.87. The minimum atomic E-state index is -0.289. The van der Waals surface area contributed by atoms with Crippen molar-refractivity contribution in [3.8, 4) is 0 Å². The first-order chi connectivity index (χ1) is 13.1. The Balaban J connectivity index is 1.46. The molecule has 0 saturated carbocycles. The van der Waals surface area contributed by atoms with E-state index in [1.54, 1.807) is 15.6 Å². The summed E-state index contributed by atoms with van der Waals surface area (Å²) in [5.41, 5.74) is 8.66. The first kappa shape index (κ1) is 17.8. The Hall–Kier alpha value is -2.61. The Kier molecular flexibility index (Phi) is 4.98. The zero-order chi connectivity index (χ0) is 18.8. The van der Waals surface area contributed by atoms with Crippen LogP contribution in [0.2, 0.25) is 0 Å². The van der Waals surface area contributed by atoms with Gasteiger partial charge in [-0.15, -0.1) is 0 Å². The molecule has 1 aliphatic rings. The van der Waals surface area contributed by atoms with Gasteiger partial charge >= 0.3 is 6.09 Å². The molecule has 0 spiro atoms. The molecule has 3 aromatic rings. The number of likely N-dealkylation sites (tertiary alicyclic amines) is 1. The average Bonchev–Trinajstić information content (AvgIpc) is 3.08. The predicted molar refractivity (Wildman–Crippen MR) is 105 cm³/mol. The van der Waals surface area contributed by atoms with Crippen molar-refractivity contribution >= 4 is 33.5 Å². The van der Waals surface area contributed by atoms with E-state index in [1.807, 2.05) is 36.4 Å². The number of halogens is 1. The average molecular weight is 430 g/mol. The minimum Gasteiger partial charge on any atom is -0.445 e. The van der Waals surface area contributed by atoms with Crippen LogP contribution >= 0.6 is 15.9 Å². The Labute approximate surface area is 165 Å². The highest BCUT2D eigenvalue weighted by Gasteiger charge is 2.27. The number of amides is 1. The quantitative estimate of drug-likeness (QED) is 0.687. The third-order valence-corrected chi connectivity index (χ3v) is 5.34. The van der Waals surface area contributed by atoms with Crippen molar-refractivity contribution in [2.24, 2.45) is 0 Å². The number of hydrogen-bond acceptors (Lipinski definition) is 5. The summed E-state index contributed by atoms with van der Waals surface area (Å²) in [7, 11) is 0. The topological polar surface area (TPSA) is 85.8 Å². The normalized spacial score (nSPS) is 17.2. The van der Waals surface area contributed by atoms with Crippen LogP contribution in [0.4, 0.5) is 10.6 Å². The molecule has 1 amide bonds. The molecule has 7 nitrogen and oxygen atoms in total. The standard InChI is InChI=1S/C19H20BrN5O2/c20-15-10-22-25-17(21)9-16(23-18(15)25)14-7-4-8-24(11-14)19(26)27-12-13-5-2-1-3-6-13/h1-3,5-6,9-10,14H,4,7-8,11-12,21H2. The highest BCUT2D eigenvalue weighted by molar-refractivity contribution is 9.10. The second kappa shape index (κ2) is 7.56. The van der Waals surface area contributed by atoms with E-state index in [2.05, 4.69) is 21.0 Å². The first-order valence-electron chi connectivity index (χ1n) is 8.87. The lowest BCUT2D eigenvalue weighted by molar-refractivity contribution is 0.0856. The summed E-state index contributed by atoms with van der Waals surface area (Å²) >= 11 is 3.45. The Morgan fingerprint density at radius 2 is 2.15 bits per heavy atom. The lowest BCUT2D eigenvalue weighted by Gasteiger charge is -2.31. The number of nitrogen functional groups attached to an aromatic ring is 1. The van der Waals surface area contributed by atoms with Crippen LogP contribution in [0.5, 0.6) is 0 Å². The molecule has 2 N–H and O–H groups in total. The van der Waals surface area contributed by atoms with Gasteiger partial charge in [-0.2, -0.15) is 9.61 Å². The van der Waals surface area contributed by atoms with Crippen LogP contribution in [0.25, 0.3) is 5.65 Å².